The van der Waals surface area contributed by atoms with Gasteiger partial charge in [0, 0.05) is 24.5 Å². The lowest BCUT2D eigenvalue weighted by molar-refractivity contribution is -0.323. The highest BCUT2D eigenvalue weighted by molar-refractivity contribution is 5.64. The third-order valence-corrected chi connectivity index (χ3v) is 2.73. The molecular formula is C11H13F3N2O. The minimum atomic E-state index is -4.56. The number of rotatable bonds is 3. The second-order valence-corrected chi connectivity index (χ2v) is 3.92. The van der Waals surface area contributed by atoms with Gasteiger partial charge in [-0.2, -0.15) is 0 Å². The average molecular weight is 246 g/mol. The molecule has 0 aromatic heterocycles. The summed E-state index contributed by atoms with van der Waals surface area (Å²) in [7, 11) is 0. The Kier molecular flexibility index (Phi) is 3.15. The zero-order valence-electron chi connectivity index (χ0n) is 9.13. The van der Waals surface area contributed by atoms with Crippen molar-refractivity contribution >= 4 is 11.4 Å². The van der Waals surface area contributed by atoms with Gasteiger partial charge in [0.05, 0.1) is 6.61 Å². The molecule has 94 valence electrons. The minimum Gasteiger partial charge on any atom is -0.399 e. The Labute approximate surface area is 97.0 Å². The lowest BCUT2D eigenvalue weighted by Gasteiger charge is -2.19. The number of benzene rings is 1. The summed E-state index contributed by atoms with van der Waals surface area (Å²) in [6.07, 6.45) is -3.72. The van der Waals surface area contributed by atoms with Crippen LogP contribution in [0.25, 0.3) is 0 Å². The molecule has 6 heteroatoms. The first kappa shape index (κ1) is 12.0. The van der Waals surface area contributed by atoms with E-state index in [0.717, 1.165) is 17.7 Å². The van der Waals surface area contributed by atoms with Gasteiger partial charge >= 0.3 is 6.36 Å². The van der Waals surface area contributed by atoms with Gasteiger partial charge in [0.1, 0.15) is 0 Å². The number of nitrogen functional groups attached to an aromatic ring is 1. The molecule has 1 aromatic carbocycles. The number of ether oxygens (including phenoxy) is 1. The molecule has 0 atom stereocenters. The number of alkyl halides is 3. The topological polar surface area (TPSA) is 38.5 Å². The van der Waals surface area contributed by atoms with E-state index in [1.165, 1.54) is 0 Å². The van der Waals surface area contributed by atoms with Gasteiger partial charge in [-0.15, -0.1) is 13.2 Å². The molecule has 1 aromatic rings. The molecule has 0 spiro atoms. The summed E-state index contributed by atoms with van der Waals surface area (Å²) in [5.41, 5.74) is 8.30. The molecule has 0 aliphatic carbocycles. The van der Waals surface area contributed by atoms with E-state index < -0.39 is 6.36 Å². The highest BCUT2D eigenvalue weighted by Gasteiger charge is 2.29. The maximum Gasteiger partial charge on any atom is 0.522 e. The number of halogens is 3. The molecule has 0 bridgehead atoms. The predicted molar refractivity (Wildman–Crippen MR) is 58.8 cm³/mol. The van der Waals surface area contributed by atoms with E-state index in [1.807, 2.05) is 11.0 Å². The fourth-order valence-corrected chi connectivity index (χ4v) is 1.97. The van der Waals surface area contributed by atoms with Gasteiger partial charge in [-0.3, -0.25) is 4.74 Å². The first-order chi connectivity index (χ1) is 7.96. The largest absolute Gasteiger partial charge is 0.522 e. The van der Waals surface area contributed by atoms with Crippen LogP contribution in [0.5, 0.6) is 0 Å². The Morgan fingerprint density at radius 2 is 2.12 bits per heavy atom. The van der Waals surface area contributed by atoms with Crippen LogP contribution in [0.15, 0.2) is 18.2 Å². The smallest absolute Gasteiger partial charge is 0.399 e. The third kappa shape index (κ3) is 3.03. The second kappa shape index (κ2) is 4.44. The Morgan fingerprint density at radius 3 is 2.82 bits per heavy atom. The fraction of sp³-hybridized carbons (Fsp3) is 0.455. The number of nitrogens with two attached hydrogens (primary N) is 1. The van der Waals surface area contributed by atoms with Gasteiger partial charge in [0.15, 0.2) is 0 Å². The van der Waals surface area contributed by atoms with E-state index in [1.54, 1.807) is 12.1 Å². The number of hydrogen-bond acceptors (Lipinski definition) is 3. The molecular weight excluding hydrogens is 233 g/mol. The molecule has 0 saturated heterocycles. The number of anilines is 2. The summed E-state index contributed by atoms with van der Waals surface area (Å²) in [5, 5.41) is 0. The van der Waals surface area contributed by atoms with Crippen LogP contribution in [-0.4, -0.2) is 26.1 Å². The lowest BCUT2D eigenvalue weighted by Crippen LogP contribution is -2.28. The minimum absolute atomic E-state index is 0.218. The van der Waals surface area contributed by atoms with Crippen molar-refractivity contribution in [2.75, 3.05) is 30.3 Å². The Hall–Kier alpha value is -1.43. The fourth-order valence-electron chi connectivity index (χ4n) is 1.97. The monoisotopic (exact) mass is 246 g/mol. The van der Waals surface area contributed by atoms with Crippen molar-refractivity contribution in [2.24, 2.45) is 0 Å². The highest BCUT2D eigenvalue weighted by atomic mass is 19.4. The third-order valence-electron chi connectivity index (χ3n) is 2.73. The first-order valence-electron chi connectivity index (χ1n) is 5.30. The number of nitrogens with zero attached hydrogens (tertiary/aromatic N) is 1. The quantitative estimate of drug-likeness (QED) is 0.831. The molecule has 1 aliphatic heterocycles. The molecule has 2 rings (SSSR count). The SMILES string of the molecule is Nc1ccc2c(c1)N(CCOC(F)(F)F)CC2. The summed E-state index contributed by atoms with van der Waals surface area (Å²) >= 11 is 0. The van der Waals surface area contributed by atoms with Crippen LogP contribution in [0.3, 0.4) is 0 Å². The molecule has 0 amide bonds. The highest BCUT2D eigenvalue weighted by Crippen LogP contribution is 2.29. The van der Waals surface area contributed by atoms with Crippen LogP contribution in [0.4, 0.5) is 24.5 Å². The Morgan fingerprint density at radius 1 is 1.35 bits per heavy atom. The number of hydrogen-bond donors (Lipinski definition) is 1. The maximum absolute atomic E-state index is 11.8. The number of fused-ring (bicyclic) bond motifs is 1. The summed E-state index contributed by atoms with van der Waals surface area (Å²) in [4.78, 5) is 1.86. The molecule has 2 N–H and O–H groups in total. The van der Waals surface area contributed by atoms with Crippen molar-refractivity contribution < 1.29 is 17.9 Å². The van der Waals surface area contributed by atoms with E-state index in [0.29, 0.717) is 12.2 Å². The van der Waals surface area contributed by atoms with Crippen LogP contribution in [0.1, 0.15) is 5.56 Å². The molecule has 0 radical (unpaired) electrons. The molecule has 0 unspecified atom stereocenters. The Bertz CT molecular complexity index is 406. The van der Waals surface area contributed by atoms with Crippen molar-refractivity contribution in [2.45, 2.75) is 12.8 Å². The molecule has 1 aliphatic rings. The van der Waals surface area contributed by atoms with Gasteiger partial charge in [0.25, 0.3) is 0 Å². The molecule has 3 nitrogen and oxygen atoms in total. The normalized spacial score (nSPS) is 15.1. The van der Waals surface area contributed by atoms with Crippen LogP contribution >= 0.6 is 0 Å². The lowest BCUT2D eigenvalue weighted by atomic mass is 10.1. The van der Waals surface area contributed by atoms with Gasteiger partial charge < -0.3 is 10.6 Å². The van der Waals surface area contributed by atoms with E-state index >= 15 is 0 Å². The summed E-state index contributed by atoms with van der Waals surface area (Å²) < 4.78 is 39.3. The van der Waals surface area contributed by atoms with Crippen molar-refractivity contribution in [1.29, 1.82) is 0 Å². The summed E-state index contributed by atoms with van der Waals surface area (Å²) in [5.74, 6) is 0. The molecule has 0 fully saturated rings. The zero-order chi connectivity index (χ0) is 12.5. The second-order valence-electron chi connectivity index (χ2n) is 3.92. The van der Waals surface area contributed by atoms with Crippen LogP contribution in [-0.2, 0) is 11.2 Å². The predicted octanol–water partition coefficient (Wildman–Crippen LogP) is 2.17. The van der Waals surface area contributed by atoms with Gasteiger partial charge in [-0.25, -0.2) is 0 Å². The average Bonchev–Trinajstić information content (AvgIpc) is 2.59. The maximum atomic E-state index is 11.8. The van der Waals surface area contributed by atoms with Crippen LogP contribution in [0, 0.1) is 0 Å². The first-order valence-corrected chi connectivity index (χ1v) is 5.30. The van der Waals surface area contributed by atoms with Crippen molar-refractivity contribution in [3.8, 4) is 0 Å². The Balaban J connectivity index is 1.95. The van der Waals surface area contributed by atoms with E-state index in [2.05, 4.69) is 4.74 Å². The van der Waals surface area contributed by atoms with Gasteiger partial charge in [0.2, 0.25) is 0 Å². The van der Waals surface area contributed by atoms with Crippen molar-refractivity contribution in [1.82, 2.24) is 0 Å². The van der Waals surface area contributed by atoms with E-state index in [9.17, 15) is 13.2 Å². The summed E-state index contributed by atoms with van der Waals surface area (Å²) in [6.45, 7) is 0.563. The zero-order valence-corrected chi connectivity index (χ0v) is 9.13. The van der Waals surface area contributed by atoms with Gasteiger partial charge in [-0.1, -0.05) is 6.07 Å². The molecule has 1 heterocycles. The van der Waals surface area contributed by atoms with E-state index in [-0.39, 0.29) is 13.2 Å². The summed E-state index contributed by atoms with van der Waals surface area (Å²) in [6, 6.07) is 5.50. The standard InChI is InChI=1S/C11H13F3N2O/c12-11(13,14)17-6-5-16-4-3-8-1-2-9(15)7-10(8)16/h1-2,7H,3-6,15H2. The van der Waals surface area contributed by atoms with Crippen LogP contribution in [0.2, 0.25) is 0 Å². The van der Waals surface area contributed by atoms with Gasteiger partial charge in [-0.05, 0) is 24.1 Å². The van der Waals surface area contributed by atoms with Crippen molar-refractivity contribution in [3.63, 3.8) is 0 Å². The van der Waals surface area contributed by atoms with Crippen LogP contribution < -0.4 is 10.6 Å². The van der Waals surface area contributed by atoms with Crippen molar-refractivity contribution in [3.05, 3.63) is 23.8 Å². The van der Waals surface area contributed by atoms with E-state index in [4.69, 9.17) is 5.73 Å². The molecule has 17 heavy (non-hydrogen) atoms. The molecule has 0 saturated carbocycles.